The highest BCUT2D eigenvalue weighted by Crippen LogP contribution is 2.13. The van der Waals surface area contributed by atoms with E-state index in [0.717, 1.165) is 30.4 Å². The van der Waals surface area contributed by atoms with E-state index in [4.69, 9.17) is 4.52 Å². The van der Waals surface area contributed by atoms with Gasteiger partial charge in [0, 0.05) is 25.7 Å². The van der Waals surface area contributed by atoms with Crippen LogP contribution in [0.15, 0.2) is 45.9 Å². The first-order chi connectivity index (χ1) is 12.5. The van der Waals surface area contributed by atoms with Gasteiger partial charge in [-0.05, 0) is 32.0 Å². The summed E-state index contributed by atoms with van der Waals surface area (Å²) in [6.45, 7) is 5.56. The van der Waals surface area contributed by atoms with Gasteiger partial charge in [0.25, 0.3) is 0 Å². The molecule has 6 heteroatoms. The maximum atomic E-state index is 5.36. The van der Waals surface area contributed by atoms with Crippen molar-refractivity contribution in [2.24, 2.45) is 4.99 Å². The summed E-state index contributed by atoms with van der Waals surface area (Å²) in [5, 5.41) is 10.8. The van der Waals surface area contributed by atoms with Crippen LogP contribution in [0.1, 0.15) is 36.8 Å². The van der Waals surface area contributed by atoms with Crippen molar-refractivity contribution in [3.8, 4) is 0 Å². The van der Waals surface area contributed by atoms with Crippen LogP contribution in [0.4, 0.5) is 0 Å². The summed E-state index contributed by atoms with van der Waals surface area (Å²) in [6.07, 6.45) is 0.984. The number of likely N-dealkylation sites (N-methyl/N-ethyl adjacent to an activating group) is 1. The molecule has 0 fully saturated rings. The topological polar surface area (TPSA) is 65.7 Å². The SMILES string of the molecule is CN=C(NCc1cc(C(C)C)no1)NCC(Cc1ccccc1)N(C)C. The molecular formula is C20H31N5O. The Labute approximate surface area is 156 Å². The second-order valence-corrected chi connectivity index (χ2v) is 6.99. The van der Waals surface area contributed by atoms with Crippen molar-refractivity contribution in [2.75, 3.05) is 27.7 Å². The Morgan fingerprint density at radius 1 is 1.19 bits per heavy atom. The molecular weight excluding hydrogens is 326 g/mol. The predicted molar refractivity (Wildman–Crippen MR) is 106 cm³/mol. The molecule has 1 unspecified atom stereocenters. The molecule has 6 nitrogen and oxygen atoms in total. The smallest absolute Gasteiger partial charge is 0.191 e. The molecule has 1 aromatic heterocycles. The lowest BCUT2D eigenvalue weighted by Gasteiger charge is -2.25. The molecule has 0 aliphatic carbocycles. The van der Waals surface area contributed by atoms with Crippen molar-refractivity contribution in [2.45, 2.75) is 38.8 Å². The molecule has 2 N–H and O–H groups in total. The third-order valence-electron chi connectivity index (χ3n) is 4.37. The van der Waals surface area contributed by atoms with Gasteiger partial charge >= 0.3 is 0 Å². The monoisotopic (exact) mass is 357 g/mol. The highest BCUT2D eigenvalue weighted by molar-refractivity contribution is 5.79. The fraction of sp³-hybridized carbons (Fsp3) is 0.500. The van der Waals surface area contributed by atoms with Gasteiger partial charge < -0.3 is 20.1 Å². The second kappa shape index (κ2) is 9.97. The van der Waals surface area contributed by atoms with E-state index in [2.05, 4.69) is 77.9 Å². The molecule has 2 rings (SSSR count). The van der Waals surface area contributed by atoms with E-state index in [1.54, 1.807) is 7.05 Å². The highest BCUT2D eigenvalue weighted by atomic mass is 16.5. The van der Waals surface area contributed by atoms with Crippen LogP contribution >= 0.6 is 0 Å². The normalized spacial score (nSPS) is 13.3. The van der Waals surface area contributed by atoms with Gasteiger partial charge in [0.05, 0.1) is 12.2 Å². The zero-order valence-corrected chi connectivity index (χ0v) is 16.5. The van der Waals surface area contributed by atoms with E-state index in [-0.39, 0.29) is 0 Å². The van der Waals surface area contributed by atoms with Crippen molar-refractivity contribution in [1.29, 1.82) is 0 Å². The van der Waals surface area contributed by atoms with Gasteiger partial charge in [0.1, 0.15) is 0 Å². The average Bonchev–Trinajstić information content (AvgIpc) is 3.11. The molecule has 1 atom stereocenters. The van der Waals surface area contributed by atoms with Crippen LogP contribution in [0.3, 0.4) is 0 Å². The molecule has 1 aromatic carbocycles. The molecule has 0 bridgehead atoms. The van der Waals surface area contributed by atoms with Crippen molar-refractivity contribution in [1.82, 2.24) is 20.7 Å². The molecule has 142 valence electrons. The highest BCUT2D eigenvalue weighted by Gasteiger charge is 2.13. The summed E-state index contributed by atoms with van der Waals surface area (Å²) in [7, 11) is 5.98. The largest absolute Gasteiger partial charge is 0.359 e. The number of aliphatic imine (C=N–C) groups is 1. The van der Waals surface area contributed by atoms with Crippen LogP contribution in [-0.2, 0) is 13.0 Å². The van der Waals surface area contributed by atoms with Gasteiger partial charge in [-0.3, -0.25) is 4.99 Å². The lowest BCUT2D eigenvalue weighted by molar-refractivity contribution is 0.290. The molecule has 0 amide bonds. The zero-order chi connectivity index (χ0) is 18.9. The number of nitrogens with zero attached hydrogens (tertiary/aromatic N) is 3. The molecule has 0 spiro atoms. The quantitative estimate of drug-likeness (QED) is 0.562. The van der Waals surface area contributed by atoms with E-state index in [0.29, 0.717) is 18.5 Å². The molecule has 0 saturated heterocycles. The van der Waals surface area contributed by atoms with Crippen molar-refractivity contribution >= 4 is 5.96 Å². The first-order valence-corrected chi connectivity index (χ1v) is 9.10. The molecule has 2 aromatic rings. The van der Waals surface area contributed by atoms with Crippen molar-refractivity contribution in [3.63, 3.8) is 0 Å². The Hall–Kier alpha value is -2.34. The maximum absolute atomic E-state index is 5.36. The van der Waals surface area contributed by atoms with Crippen molar-refractivity contribution < 1.29 is 4.52 Å². The van der Waals surface area contributed by atoms with Gasteiger partial charge in [-0.25, -0.2) is 0 Å². The summed E-state index contributed by atoms with van der Waals surface area (Å²) in [5.74, 6) is 1.93. The summed E-state index contributed by atoms with van der Waals surface area (Å²) in [4.78, 5) is 6.53. The molecule has 1 heterocycles. The third-order valence-corrected chi connectivity index (χ3v) is 4.37. The number of benzene rings is 1. The first-order valence-electron chi connectivity index (χ1n) is 9.10. The Morgan fingerprint density at radius 2 is 1.92 bits per heavy atom. The second-order valence-electron chi connectivity index (χ2n) is 6.99. The third kappa shape index (κ3) is 6.19. The van der Waals surface area contributed by atoms with E-state index in [1.807, 2.05) is 12.1 Å². The van der Waals surface area contributed by atoms with E-state index >= 15 is 0 Å². The summed E-state index contributed by atoms with van der Waals surface area (Å²) < 4.78 is 5.36. The Bertz CT molecular complexity index is 679. The summed E-state index contributed by atoms with van der Waals surface area (Å²) in [5.41, 5.74) is 2.30. The van der Waals surface area contributed by atoms with Crippen LogP contribution in [0.2, 0.25) is 0 Å². The van der Waals surface area contributed by atoms with Crippen LogP contribution in [0, 0.1) is 0 Å². The van der Waals surface area contributed by atoms with Crippen LogP contribution < -0.4 is 10.6 Å². The van der Waals surface area contributed by atoms with E-state index in [1.165, 1.54) is 5.56 Å². The molecule has 0 radical (unpaired) electrons. The molecule has 0 saturated carbocycles. The molecule has 0 aliphatic heterocycles. The average molecular weight is 358 g/mol. The fourth-order valence-electron chi connectivity index (χ4n) is 2.61. The Kier molecular flexibility index (Phi) is 7.66. The zero-order valence-electron chi connectivity index (χ0n) is 16.5. The Morgan fingerprint density at radius 3 is 2.50 bits per heavy atom. The lowest BCUT2D eigenvalue weighted by atomic mass is 10.1. The predicted octanol–water partition coefficient (Wildman–Crippen LogP) is 2.64. The molecule has 0 aliphatic rings. The number of guanidine groups is 1. The first kappa shape index (κ1) is 20.0. The van der Waals surface area contributed by atoms with Gasteiger partial charge in [0.2, 0.25) is 0 Å². The van der Waals surface area contributed by atoms with E-state index in [9.17, 15) is 0 Å². The minimum Gasteiger partial charge on any atom is -0.359 e. The van der Waals surface area contributed by atoms with Crippen LogP contribution in [-0.4, -0.2) is 49.7 Å². The number of rotatable bonds is 8. The lowest BCUT2D eigenvalue weighted by Crippen LogP contribution is -2.45. The number of hydrogen-bond donors (Lipinski definition) is 2. The minimum atomic E-state index is 0.365. The van der Waals surface area contributed by atoms with Crippen molar-refractivity contribution in [3.05, 3.63) is 53.4 Å². The van der Waals surface area contributed by atoms with Crippen LogP contribution in [0.5, 0.6) is 0 Å². The Balaban J connectivity index is 1.85. The van der Waals surface area contributed by atoms with E-state index < -0.39 is 0 Å². The van der Waals surface area contributed by atoms with Crippen LogP contribution in [0.25, 0.3) is 0 Å². The van der Waals surface area contributed by atoms with Gasteiger partial charge in [-0.1, -0.05) is 49.3 Å². The standard InChI is InChI=1S/C20H31N5O/c1-15(2)19-12-18(26-24-19)14-23-20(21-3)22-13-17(25(4)5)11-16-9-7-6-8-10-16/h6-10,12,15,17H,11,13-14H2,1-5H3,(H2,21,22,23). The minimum absolute atomic E-state index is 0.365. The maximum Gasteiger partial charge on any atom is 0.191 e. The summed E-state index contributed by atoms with van der Waals surface area (Å²) >= 11 is 0. The van der Waals surface area contributed by atoms with Gasteiger partial charge in [-0.2, -0.15) is 0 Å². The van der Waals surface area contributed by atoms with Gasteiger partial charge in [0.15, 0.2) is 11.7 Å². The van der Waals surface area contributed by atoms with Gasteiger partial charge in [-0.15, -0.1) is 0 Å². The molecule has 26 heavy (non-hydrogen) atoms. The summed E-state index contributed by atoms with van der Waals surface area (Å²) in [6, 6.07) is 12.9. The fourth-order valence-corrected chi connectivity index (χ4v) is 2.61. The number of nitrogens with one attached hydrogen (secondary N) is 2. The number of aromatic nitrogens is 1. The number of hydrogen-bond acceptors (Lipinski definition) is 4.